The van der Waals surface area contributed by atoms with Crippen LogP contribution in [0.15, 0.2) is 174 Å². The molecule has 11 rings (SSSR count). The standard InChI is InChI=1S/C48H28N2O/c1-2-12-29(13-3-1)47-41-27-39(35-18-8-9-19-36(35)45(41)37-20-10-11-21-43(37)50-47)42-23-22-33(28-49-42)38-25-32-16-6-7-17-34(32)46-40-24-30-14-4-5-15-31(30)26-44(40)51-48(38)46/h1-28H. The Bertz CT molecular complexity index is 3180. The lowest BCUT2D eigenvalue weighted by atomic mass is 9.91. The first-order valence-corrected chi connectivity index (χ1v) is 17.3. The fraction of sp³-hybridized carbons (Fsp3) is 0. The zero-order valence-corrected chi connectivity index (χ0v) is 27.5. The molecule has 3 aromatic heterocycles. The number of rotatable bonds is 3. The first-order chi connectivity index (χ1) is 25.3. The first kappa shape index (κ1) is 28.0. The van der Waals surface area contributed by atoms with E-state index in [0.717, 1.165) is 77.3 Å². The minimum atomic E-state index is 0.884. The molecular weight excluding hydrogens is 621 g/mol. The number of furan rings is 1. The van der Waals surface area contributed by atoms with Crippen molar-refractivity contribution >= 4 is 75.9 Å². The number of benzene rings is 8. The highest BCUT2D eigenvalue weighted by molar-refractivity contribution is 6.26. The third kappa shape index (κ3) is 4.25. The highest BCUT2D eigenvalue weighted by Crippen LogP contribution is 2.44. The predicted octanol–water partition coefficient (Wildman–Crippen LogP) is 13.1. The maximum atomic E-state index is 6.73. The van der Waals surface area contributed by atoms with Crippen LogP contribution in [0.4, 0.5) is 0 Å². The monoisotopic (exact) mass is 648 g/mol. The Labute approximate surface area is 293 Å². The van der Waals surface area contributed by atoms with Gasteiger partial charge in [-0.05, 0) is 68.7 Å². The second kappa shape index (κ2) is 10.8. The molecule has 0 spiro atoms. The quantitative estimate of drug-likeness (QED) is 0.179. The average molecular weight is 649 g/mol. The Morgan fingerprint density at radius 2 is 1.10 bits per heavy atom. The van der Waals surface area contributed by atoms with Crippen molar-refractivity contribution in [2.75, 3.05) is 0 Å². The number of aromatic nitrogens is 2. The van der Waals surface area contributed by atoms with E-state index in [4.69, 9.17) is 14.4 Å². The van der Waals surface area contributed by atoms with Crippen LogP contribution in [0.1, 0.15) is 0 Å². The summed E-state index contributed by atoms with van der Waals surface area (Å²) in [6.45, 7) is 0. The lowest BCUT2D eigenvalue weighted by molar-refractivity contribution is 0.671. The number of hydrogen-bond donors (Lipinski definition) is 0. The van der Waals surface area contributed by atoms with E-state index >= 15 is 0 Å². The average Bonchev–Trinajstić information content (AvgIpc) is 3.58. The molecule has 3 heteroatoms. The minimum absolute atomic E-state index is 0.884. The van der Waals surface area contributed by atoms with Crippen LogP contribution in [0.25, 0.3) is 110 Å². The molecule has 0 saturated carbocycles. The van der Waals surface area contributed by atoms with E-state index in [1.165, 1.54) is 32.3 Å². The summed E-state index contributed by atoms with van der Waals surface area (Å²) in [5.74, 6) is 0. The summed E-state index contributed by atoms with van der Waals surface area (Å²) in [7, 11) is 0. The van der Waals surface area contributed by atoms with E-state index in [0.29, 0.717) is 0 Å². The summed E-state index contributed by atoms with van der Waals surface area (Å²) in [6.07, 6.45) is 2.00. The maximum absolute atomic E-state index is 6.73. The molecule has 0 fully saturated rings. The van der Waals surface area contributed by atoms with Crippen molar-refractivity contribution < 1.29 is 4.42 Å². The number of nitrogens with zero attached hydrogens (tertiary/aromatic N) is 2. The van der Waals surface area contributed by atoms with Crippen molar-refractivity contribution in [1.82, 2.24) is 9.97 Å². The molecule has 3 nitrogen and oxygen atoms in total. The van der Waals surface area contributed by atoms with Gasteiger partial charge in [0.15, 0.2) is 0 Å². The Balaban J connectivity index is 1.14. The summed E-state index contributed by atoms with van der Waals surface area (Å²) >= 11 is 0. The van der Waals surface area contributed by atoms with Crippen LogP contribution in [0.3, 0.4) is 0 Å². The van der Waals surface area contributed by atoms with Crippen LogP contribution in [0, 0.1) is 0 Å². The summed E-state index contributed by atoms with van der Waals surface area (Å²) in [6, 6.07) is 58.0. The Morgan fingerprint density at radius 3 is 1.90 bits per heavy atom. The molecule has 51 heavy (non-hydrogen) atoms. The smallest absolute Gasteiger partial charge is 0.143 e. The largest absolute Gasteiger partial charge is 0.455 e. The Kier molecular flexibility index (Phi) is 5.96. The molecule has 0 aliphatic rings. The third-order valence-corrected chi connectivity index (χ3v) is 10.4. The van der Waals surface area contributed by atoms with Gasteiger partial charge in [-0.1, -0.05) is 127 Å². The third-order valence-electron chi connectivity index (χ3n) is 10.4. The van der Waals surface area contributed by atoms with Gasteiger partial charge in [-0.3, -0.25) is 4.98 Å². The van der Waals surface area contributed by atoms with Gasteiger partial charge in [0.1, 0.15) is 11.2 Å². The van der Waals surface area contributed by atoms with Crippen LogP contribution < -0.4 is 0 Å². The van der Waals surface area contributed by atoms with E-state index in [9.17, 15) is 0 Å². The molecule has 3 heterocycles. The Morgan fingerprint density at radius 1 is 0.412 bits per heavy atom. The van der Waals surface area contributed by atoms with Crippen molar-refractivity contribution in [2.24, 2.45) is 0 Å². The zero-order chi connectivity index (χ0) is 33.5. The molecule has 0 saturated heterocycles. The van der Waals surface area contributed by atoms with Gasteiger partial charge in [0.25, 0.3) is 0 Å². The molecule has 8 aromatic carbocycles. The van der Waals surface area contributed by atoms with Gasteiger partial charge < -0.3 is 4.42 Å². The van der Waals surface area contributed by atoms with E-state index in [2.05, 4.69) is 164 Å². The number of pyridine rings is 2. The van der Waals surface area contributed by atoms with Crippen LogP contribution in [0.2, 0.25) is 0 Å². The molecule has 0 atom stereocenters. The van der Waals surface area contributed by atoms with E-state index in [-0.39, 0.29) is 0 Å². The maximum Gasteiger partial charge on any atom is 0.143 e. The van der Waals surface area contributed by atoms with Crippen LogP contribution in [0.5, 0.6) is 0 Å². The molecule has 0 N–H and O–H groups in total. The molecular formula is C48H28N2O. The van der Waals surface area contributed by atoms with Gasteiger partial charge in [-0.2, -0.15) is 0 Å². The van der Waals surface area contributed by atoms with Crippen LogP contribution in [-0.4, -0.2) is 9.97 Å². The fourth-order valence-electron chi connectivity index (χ4n) is 8.08. The van der Waals surface area contributed by atoms with Crippen molar-refractivity contribution in [3.63, 3.8) is 0 Å². The molecule has 0 bridgehead atoms. The van der Waals surface area contributed by atoms with Gasteiger partial charge in [0, 0.05) is 55.4 Å². The molecule has 0 aliphatic carbocycles. The van der Waals surface area contributed by atoms with Gasteiger partial charge in [-0.25, -0.2) is 4.98 Å². The molecule has 236 valence electrons. The summed E-state index contributed by atoms with van der Waals surface area (Å²) in [5.41, 5.74) is 8.88. The summed E-state index contributed by atoms with van der Waals surface area (Å²) in [5, 5.41) is 12.8. The van der Waals surface area contributed by atoms with Crippen LogP contribution in [-0.2, 0) is 0 Å². The topological polar surface area (TPSA) is 38.9 Å². The van der Waals surface area contributed by atoms with Crippen molar-refractivity contribution in [2.45, 2.75) is 0 Å². The number of hydrogen-bond acceptors (Lipinski definition) is 3. The fourth-order valence-corrected chi connectivity index (χ4v) is 8.08. The van der Waals surface area contributed by atoms with E-state index < -0.39 is 0 Å². The highest BCUT2D eigenvalue weighted by Gasteiger charge is 2.19. The van der Waals surface area contributed by atoms with Crippen molar-refractivity contribution in [3.8, 4) is 33.6 Å². The summed E-state index contributed by atoms with van der Waals surface area (Å²) < 4.78 is 6.73. The molecule has 0 amide bonds. The number of para-hydroxylation sites is 1. The van der Waals surface area contributed by atoms with Gasteiger partial charge >= 0.3 is 0 Å². The molecule has 11 aromatic rings. The van der Waals surface area contributed by atoms with Gasteiger partial charge in [0.2, 0.25) is 0 Å². The Hall–Kier alpha value is -6.84. The van der Waals surface area contributed by atoms with Crippen LogP contribution >= 0.6 is 0 Å². The second-order valence-electron chi connectivity index (χ2n) is 13.3. The molecule has 0 unspecified atom stereocenters. The molecule has 0 radical (unpaired) electrons. The zero-order valence-electron chi connectivity index (χ0n) is 27.5. The number of fused-ring (bicyclic) bond motifs is 11. The lowest BCUT2D eigenvalue weighted by Gasteiger charge is -2.16. The van der Waals surface area contributed by atoms with Gasteiger partial charge in [0.05, 0.1) is 16.9 Å². The van der Waals surface area contributed by atoms with Gasteiger partial charge in [-0.15, -0.1) is 0 Å². The first-order valence-electron chi connectivity index (χ1n) is 17.3. The second-order valence-corrected chi connectivity index (χ2v) is 13.3. The highest BCUT2D eigenvalue weighted by atomic mass is 16.3. The predicted molar refractivity (Wildman–Crippen MR) is 213 cm³/mol. The summed E-state index contributed by atoms with van der Waals surface area (Å²) in [4.78, 5) is 10.4. The van der Waals surface area contributed by atoms with E-state index in [1.807, 2.05) is 6.20 Å². The normalized spacial score (nSPS) is 11.9. The van der Waals surface area contributed by atoms with Crippen molar-refractivity contribution in [3.05, 3.63) is 170 Å². The minimum Gasteiger partial charge on any atom is -0.455 e. The lowest BCUT2D eigenvalue weighted by Crippen LogP contribution is -1.93. The molecule has 0 aliphatic heterocycles. The van der Waals surface area contributed by atoms with Crippen molar-refractivity contribution in [1.29, 1.82) is 0 Å². The SMILES string of the molecule is c1ccc(-c2nc3ccccc3c3c2cc(-c2ccc(-c4cc5ccccc5c5c4oc4cc6ccccc6cc45)cn2)c2ccccc23)cc1. The van der Waals surface area contributed by atoms with E-state index in [1.54, 1.807) is 0 Å².